The molecule has 0 amide bonds. The summed E-state index contributed by atoms with van der Waals surface area (Å²) in [5.41, 5.74) is 1.09. The molecule has 1 aromatic carbocycles. The first-order valence-corrected chi connectivity index (χ1v) is 7.77. The van der Waals surface area contributed by atoms with Gasteiger partial charge in [-0.3, -0.25) is 9.59 Å². The summed E-state index contributed by atoms with van der Waals surface area (Å²) in [6, 6.07) is 3.43. The molecule has 3 rings (SSSR count). The summed E-state index contributed by atoms with van der Waals surface area (Å²) in [4.78, 5) is 34.5. The van der Waals surface area contributed by atoms with Crippen LogP contribution in [0.3, 0.4) is 0 Å². The zero-order valence-electron chi connectivity index (χ0n) is 14.9. The fraction of sp³-hybridized carbons (Fsp3) is 0.222. The number of allylic oxidation sites excluding steroid dienone is 2. The SMILES string of the molecule is COc1cc2ncnc(NC3=CC(=O)C(N(C)C)=CC3=O)c2cc1OC. The predicted molar refractivity (Wildman–Crippen MR) is 96.1 cm³/mol. The number of nitrogens with one attached hydrogen (secondary N) is 1. The molecular weight excluding hydrogens is 336 g/mol. The van der Waals surface area contributed by atoms with Crippen LogP contribution >= 0.6 is 0 Å². The van der Waals surface area contributed by atoms with E-state index in [0.717, 1.165) is 0 Å². The Labute approximate surface area is 150 Å². The highest BCUT2D eigenvalue weighted by atomic mass is 16.5. The van der Waals surface area contributed by atoms with Gasteiger partial charge in [-0.2, -0.15) is 0 Å². The van der Waals surface area contributed by atoms with E-state index in [2.05, 4.69) is 15.3 Å². The quantitative estimate of drug-likeness (QED) is 0.808. The number of ketones is 2. The fourth-order valence-electron chi connectivity index (χ4n) is 2.61. The van der Waals surface area contributed by atoms with Gasteiger partial charge in [0, 0.05) is 37.7 Å². The number of ether oxygens (including phenoxy) is 2. The van der Waals surface area contributed by atoms with Crippen molar-refractivity contribution >= 4 is 28.3 Å². The van der Waals surface area contributed by atoms with E-state index in [4.69, 9.17) is 9.47 Å². The van der Waals surface area contributed by atoms with E-state index >= 15 is 0 Å². The minimum Gasteiger partial charge on any atom is -0.493 e. The maximum atomic E-state index is 12.3. The molecule has 0 unspecified atom stereocenters. The Kier molecular flexibility index (Phi) is 4.57. The monoisotopic (exact) mass is 354 g/mol. The van der Waals surface area contributed by atoms with E-state index in [0.29, 0.717) is 33.9 Å². The average Bonchev–Trinajstić information content (AvgIpc) is 2.63. The van der Waals surface area contributed by atoms with Crippen molar-refractivity contribution in [3.05, 3.63) is 42.0 Å². The smallest absolute Gasteiger partial charge is 0.204 e. The number of hydrogen-bond acceptors (Lipinski definition) is 8. The van der Waals surface area contributed by atoms with Crippen LogP contribution in [0.15, 0.2) is 42.0 Å². The molecule has 1 aromatic heterocycles. The van der Waals surface area contributed by atoms with Gasteiger partial charge < -0.3 is 19.7 Å². The minimum atomic E-state index is -0.305. The van der Waals surface area contributed by atoms with Gasteiger partial charge >= 0.3 is 0 Å². The number of likely N-dealkylation sites (N-methyl/N-ethyl adjacent to an activating group) is 1. The van der Waals surface area contributed by atoms with Crippen molar-refractivity contribution in [2.75, 3.05) is 33.6 Å². The van der Waals surface area contributed by atoms with Crippen molar-refractivity contribution < 1.29 is 19.1 Å². The molecule has 26 heavy (non-hydrogen) atoms. The first kappa shape index (κ1) is 17.4. The molecule has 8 heteroatoms. The molecule has 0 radical (unpaired) electrons. The summed E-state index contributed by atoms with van der Waals surface area (Å²) in [5, 5.41) is 3.57. The fourth-order valence-corrected chi connectivity index (χ4v) is 2.61. The Morgan fingerprint density at radius 2 is 1.65 bits per heavy atom. The van der Waals surface area contributed by atoms with E-state index in [1.165, 1.54) is 32.7 Å². The lowest BCUT2D eigenvalue weighted by molar-refractivity contribution is -0.116. The zero-order valence-corrected chi connectivity index (χ0v) is 14.9. The van der Waals surface area contributed by atoms with E-state index in [9.17, 15) is 9.59 Å². The van der Waals surface area contributed by atoms with Crippen molar-refractivity contribution in [1.82, 2.24) is 14.9 Å². The second kappa shape index (κ2) is 6.83. The number of carbonyl (C=O) groups excluding carboxylic acids is 2. The third kappa shape index (κ3) is 3.08. The van der Waals surface area contributed by atoms with Gasteiger partial charge in [0.2, 0.25) is 11.6 Å². The second-order valence-corrected chi connectivity index (χ2v) is 5.78. The third-order valence-electron chi connectivity index (χ3n) is 3.94. The van der Waals surface area contributed by atoms with Gasteiger partial charge in [-0.1, -0.05) is 0 Å². The van der Waals surface area contributed by atoms with Gasteiger partial charge in [0.25, 0.3) is 0 Å². The van der Waals surface area contributed by atoms with Crippen LogP contribution in [0.25, 0.3) is 10.9 Å². The molecule has 8 nitrogen and oxygen atoms in total. The number of carbonyl (C=O) groups is 2. The van der Waals surface area contributed by atoms with Crippen LogP contribution in [0.4, 0.5) is 5.82 Å². The van der Waals surface area contributed by atoms with E-state index in [1.54, 1.807) is 31.1 Å². The van der Waals surface area contributed by atoms with Crippen LogP contribution in [-0.4, -0.2) is 54.7 Å². The molecule has 0 fully saturated rings. The van der Waals surface area contributed by atoms with Crippen LogP contribution in [0.5, 0.6) is 11.5 Å². The lowest BCUT2D eigenvalue weighted by Crippen LogP contribution is -2.26. The Hall–Kier alpha value is -3.42. The lowest BCUT2D eigenvalue weighted by atomic mass is 10.1. The number of rotatable bonds is 5. The van der Waals surface area contributed by atoms with E-state index < -0.39 is 0 Å². The Balaban J connectivity index is 2.01. The summed E-state index contributed by atoms with van der Waals surface area (Å²) in [6.45, 7) is 0. The molecule has 0 bridgehead atoms. The summed E-state index contributed by atoms with van der Waals surface area (Å²) in [7, 11) is 6.48. The maximum absolute atomic E-state index is 12.3. The summed E-state index contributed by atoms with van der Waals surface area (Å²) in [5.74, 6) is 0.874. The van der Waals surface area contributed by atoms with Crippen molar-refractivity contribution in [2.24, 2.45) is 0 Å². The standard InChI is InChI=1S/C18H18N4O4/c1-22(2)13-8-14(23)12(6-15(13)24)21-18-10-5-16(25-3)17(26-4)7-11(10)19-9-20-18/h5-9H,1-4H3,(H,19,20,21). The molecule has 1 heterocycles. The van der Waals surface area contributed by atoms with Gasteiger partial charge in [-0.05, 0) is 6.07 Å². The van der Waals surface area contributed by atoms with Crippen LogP contribution < -0.4 is 14.8 Å². The summed E-state index contributed by atoms with van der Waals surface area (Å²) in [6.07, 6.45) is 3.94. The van der Waals surface area contributed by atoms with Gasteiger partial charge in [0.05, 0.1) is 31.1 Å². The predicted octanol–water partition coefficient (Wildman–Crippen LogP) is 1.54. The molecule has 0 aliphatic heterocycles. The molecule has 0 saturated carbocycles. The highest BCUT2D eigenvalue weighted by Crippen LogP contribution is 2.34. The van der Waals surface area contributed by atoms with Gasteiger partial charge in [0.15, 0.2) is 11.5 Å². The van der Waals surface area contributed by atoms with Crippen LogP contribution in [0.2, 0.25) is 0 Å². The second-order valence-electron chi connectivity index (χ2n) is 5.78. The molecule has 134 valence electrons. The number of benzene rings is 1. The summed E-state index contributed by atoms with van der Waals surface area (Å²) >= 11 is 0. The van der Waals surface area contributed by atoms with Crippen molar-refractivity contribution in [1.29, 1.82) is 0 Å². The molecule has 2 aromatic rings. The molecular formula is C18H18N4O4. The Morgan fingerprint density at radius 1 is 0.962 bits per heavy atom. The number of fused-ring (bicyclic) bond motifs is 1. The van der Waals surface area contributed by atoms with Crippen LogP contribution in [0, 0.1) is 0 Å². The zero-order chi connectivity index (χ0) is 18.8. The Morgan fingerprint density at radius 3 is 2.31 bits per heavy atom. The highest BCUT2D eigenvalue weighted by Gasteiger charge is 2.22. The number of methoxy groups -OCH3 is 2. The number of anilines is 1. The van der Waals surface area contributed by atoms with Crippen LogP contribution in [-0.2, 0) is 9.59 Å². The largest absolute Gasteiger partial charge is 0.493 e. The molecule has 0 atom stereocenters. The Bertz CT molecular complexity index is 963. The van der Waals surface area contributed by atoms with Crippen molar-refractivity contribution in [3.8, 4) is 11.5 Å². The van der Waals surface area contributed by atoms with Crippen molar-refractivity contribution in [2.45, 2.75) is 0 Å². The topological polar surface area (TPSA) is 93.7 Å². The lowest BCUT2D eigenvalue weighted by Gasteiger charge is -2.19. The molecule has 1 aliphatic carbocycles. The van der Waals surface area contributed by atoms with Crippen LogP contribution in [0.1, 0.15) is 0 Å². The summed E-state index contributed by atoms with van der Waals surface area (Å²) < 4.78 is 10.6. The molecule has 1 N–H and O–H groups in total. The van der Waals surface area contributed by atoms with Crippen molar-refractivity contribution in [3.63, 3.8) is 0 Å². The van der Waals surface area contributed by atoms with E-state index in [-0.39, 0.29) is 17.3 Å². The van der Waals surface area contributed by atoms with Gasteiger partial charge in [0.1, 0.15) is 12.1 Å². The first-order valence-electron chi connectivity index (χ1n) is 7.77. The number of hydrogen-bond donors (Lipinski definition) is 1. The van der Waals surface area contributed by atoms with E-state index in [1.807, 2.05) is 0 Å². The normalized spacial score (nSPS) is 14.0. The maximum Gasteiger partial charge on any atom is 0.204 e. The van der Waals surface area contributed by atoms with Gasteiger partial charge in [-0.25, -0.2) is 9.97 Å². The molecule has 0 saturated heterocycles. The highest BCUT2D eigenvalue weighted by molar-refractivity contribution is 6.21. The third-order valence-corrected chi connectivity index (χ3v) is 3.94. The average molecular weight is 354 g/mol. The molecule has 1 aliphatic rings. The molecule has 0 spiro atoms. The van der Waals surface area contributed by atoms with Gasteiger partial charge in [-0.15, -0.1) is 0 Å². The first-order chi connectivity index (χ1) is 12.4. The number of nitrogens with zero attached hydrogens (tertiary/aromatic N) is 3. The minimum absolute atomic E-state index is 0.149. The number of aromatic nitrogens is 2.